The predicted octanol–water partition coefficient (Wildman–Crippen LogP) is 4.17. The lowest BCUT2D eigenvalue weighted by Crippen LogP contribution is -2.46. The summed E-state index contributed by atoms with van der Waals surface area (Å²) in [6.07, 6.45) is 7.18. The van der Waals surface area contributed by atoms with Crippen LogP contribution in [0.15, 0.2) is 0 Å². The van der Waals surface area contributed by atoms with E-state index in [1.165, 1.54) is 19.3 Å². The number of carbonyl (C=O) groups excluding carboxylic acids is 2. The van der Waals surface area contributed by atoms with E-state index in [9.17, 15) is 9.59 Å². The molecule has 0 saturated heterocycles. The molecule has 6 heteroatoms. The molecule has 0 aliphatic rings. The fourth-order valence-corrected chi connectivity index (χ4v) is 2.56. The molecule has 2 amide bonds. The number of nitrogens with one attached hydrogen (secondary N) is 2. The standard InChI is InChI=1S/C20H40N2O4/c1-7-10-11-12-13-15-22-18(24)26-19(4,8-2)14-16-25-20(5,9-3)17(23)21-6/h7-16H2,1-6H3,(H,21,23)(H,22,24). The molecule has 0 aromatic rings. The van der Waals surface area contributed by atoms with Gasteiger partial charge in [-0.15, -0.1) is 0 Å². The molecule has 2 unspecified atom stereocenters. The van der Waals surface area contributed by atoms with Crippen LogP contribution in [0.3, 0.4) is 0 Å². The van der Waals surface area contributed by atoms with E-state index in [1.807, 2.05) is 20.8 Å². The van der Waals surface area contributed by atoms with E-state index in [4.69, 9.17) is 9.47 Å². The van der Waals surface area contributed by atoms with Gasteiger partial charge >= 0.3 is 6.09 Å². The Morgan fingerprint density at radius 1 is 0.962 bits per heavy atom. The molecule has 0 bridgehead atoms. The zero-order valence-corrected chi connectivity index (χ0v) is 17.7. The lowest BCUT2D eigenvalue weighted by atomic mass is 9.98. The SMILES string of the molecule is CCCCCCCNC(=O)OC(C)(CC)CCOC(C)(CC)C(=O)NC. The van der Waals surface area contributed by atoms with E-state index in [0.717, 1.165) is 12.8 Å². The first-order valence-electron chi connectivity index (χ1n) is 10.1. The minimum Gasteiger partial charge on any atom is -0.443 e. The molecule has 0 aromatic carbocycles. The Bertz CT molecular complexity index is 417. The van der Waals surface area contributed by atoms with Gasteiger partial charge in [-0.05, 0) is 33.1 Å². The Morgan fingerprint density at radius 3 is 2.15 bits per heavy atom. The largest absolute Gasteiger partial charge is 0.443 e. The second kappa shape index (κ2) is 13.0. The van der Waals surface area contributed by atoms with Gasteiger partial charge in [-0.25, -0.2) is 4.79 Å². The molecule has 0 aromatic heterocycles. The van der Waals surface area contributed by atoms with Crippen molar-refractivity contribution in [3.8, 4) is 0 Å². The molecule has 2 atom stereocenters. The summed E-state index contributed by atoms with van der Waals surface area (Å²) in [4.78, 5) is 24.0. The van der Waals surface area contributed by atoms with Crippen LogP contribution in [-0.2, 0) is 14.3 Å². The number of rotatable bonds is 14. The van der Waals surface area contributed by atoms with E-state index < -0.39 is 11.2 Å². The second-order valence-corrected chi connectivity index (χ2v) is 7.30. The highest BCUT2D eigenvalue weighted by Gasteiger charge is 2.33. The maximum Gasteiger partial charge on any atom is 0.407 e. The molecule has 2 N–H and O–H groups in total. The molecule has 0 radical (unpaired) electrons. The first-order chi connectivity index (χ1) is 12.3. The lowest BCUT2D eigenvalue weighted by Gasteiger charge is -2.31. The minimum absolute atomic E-state index is 0.139. The Labute approximate surface area is 159 Å². The summed E-state index contributed by atoms with van der Waals surface area (Å²) in [7, 11) is 1.60. The van der Waals surface area contributed by atoms with Gasteiger partial charge in [0, 0.05) is 20.0 Å². The van der Waals surface area contributed by atoms with Crippen LogP contribution in [0.25, 0.3) is 0 Å². The van der Waals surface area contributed by atoms with Gasteiger partial charge in [0.1, 0.15) is 11.2 Å². The molecule has 26 heavy (non-hydrogen) atoms. The van der Waals surface area contributed by atoms with E-state index in [-0.39, 0.29) is 12.0 Å². The van der Waals surface area contributed by atoms with Gasteiger partial charge in [0.2, 0.25) is 0 Å². The van der Waals surface area contributed by atoms with Crippen molar-refractivity contribution in [2.45, 2.75) is 97.2 Å². The molecule has 0 aliphatic heterocycles. The van der Waals surface area contributed by atoms with Crippen LogP contribution in [0, 0.1) is 0 Å². The maximum absolute atomic E-state index is 12.0. The summed E-state index contributed by atoms with van der Waals surface area (Å²) < 4.78 is 11.4. The fraction of sp³-hybridized carbons (Fsp3) is 0.900. The third kappa shape index (κ3) is 9.41. The van der Waals surface area contributed by atoms with E-state index in [0.29, 0.717) is 32.4 Å². The van der Waals surface area contributed by atoms with Crippen LogP contribution in [0.2, 0.25) is 0 Å². The summed E-state index contributed by atoms with van der Waals surface area (Å²) in [6, 6.07) is 0. The fourth-order valence-electron chi connectivity index (χ4n) is 2.56. The molecule has 0 saturated carbocycles. The number of alkyl carbamates (subject to hydrolysis) is 1. The first-order valence-corrected chi connectivity index (χ1v) is 10.1. The van der Waals surface area contributed by atoms with Gasteiger partial charge < -0.3 is 20.1 Å². The number of ether oxygens (including phenoxy) is 2. The summed E-state index contributed by atoms with van der Waals surface area (Å²) in [5, 5.41) is 5.46. The molecular weight excluding hydrogens is 332 g/mol. The summed E-state index contributed by atoms with van der Waals surface area (Å²) >= 11 is 0. The maximum atomic E-state index is 12.0. The van der Waals surface area contributed by atoms with Crippen molar-refractivity contribution >= 4 is 12.0 Å². The van der Waals surface area contributed by atoms with Gasteiger partial charge in [-0.2, -0.15) is 0 Å². The second-order valence-electron chi connectivity index (χ2n) is 7.30. The van der Waals surface area contributed by atoms with Crippen molar-refractivity contribution in [2.75, 3.05) is 20.2 Å². The van der Waals surface area contributed by atoms with Crippen LogP contribution in [-0.4, -0.2) is 43.4 Å². The third-order valence-corrected chi connectivity index (χ3v) is 5.07. The van der Waals surface area contributed by atoms with Gasteiger partial charge in [-0.3, -0.25) is 4.79 Å². The molecule has 154 valence electrons. The molecule has 0 spiro atoms. The van der Waals surface area contributed by atoms with Crippen molar-refractivity contribution < 1.29 is 19.1 Å². The number of hydrogen-bond acceptors (Lipinski definition) is 4. The van der Waals surface area contributed by atoms with Crippen molar-refractivity contribution in [1.29, 1.82) is 0 Å². The normalized spacial score (nSPS) is 15.6. The van der Waals surface area contributed by atoms with Crippen molar-refractivity contribution in [3.05, 3.63) is 0 Å². The number of carbonyl (C=O) groups is 2. The number of likely N-dealkylation sites (N-methyl/N-ethyl adjacent to an activating group) is 1. The Balaban J connectivity index is 4.29. The molecule has 0 heterocycles. The molecule has 0 rings (SSSR count). The highest BCUT2D eigenvalue weighted by atomic mass is 16.6. The Hall–Kier alpha value is -1.30. The summed E-state index contributed by atoms with van der Waals surface area (Å²) in [5.74, 6) is -0.139. The summed E-state index contributed by atoms with van der Waals surface area (Å²) in [6.45, 7) is 10.8. The highest BCUT2D eigenvalue weighted by molar-refractivity contribution is 5.84. The van der Waals surface area contributed by atoms with Crippen LogP contribution in [0.5, 0.6) is 0 Å². The van der Waals surface area contributed by atoms with Crippen LogP contribution in [0.1, 0.15) is 86.0 Å². The van der Waals surface area contributed by atoms with Crippen molar-refractivity contribution in [1.82, 2.24) is 10.6 Å². The number of unbranched alkanes of at least 4 members (excludes halogenated alkanes) is 4. The average Bonchev–Trinajstić information content (AvgIpc) is 2.63. The molecular formula is C20H40N2O4. The minimum atomic E-state index is -0.857. The van der Waals surface area contributed by atoms with Gasteiger partial charge in [0.25, 0.3) is 5.91 Å². The zero-order chi connectivity index (χ0) is 20.1. The monoisotopic (exact) mass is 372 g/mol. The molecule has 0 fully saturated rings. The lowest BCUT2D eigenvalue weighted by molar-refractivity contribution is -0.147. The number of hydrogen-bond donors (Lipinski definition) is 2. The van der Waals surface area contributed by atoms with Gasteiger partial charge in [-0.1, -0.05) is 46.5 Å². The first kappa shape index (κ1) is 24.7. The number of amides is 2. The zero-order valence-electron chi connectivity index (χ0n) is 17.7. The van der Waals surface area contributed by atoms with Crippen molar-refractivity contribution in [2.24, 2.45) is 0 Å². The topological polar surface area (TPSA) is 76.7 Å². The van der Waals surface area contributed by atoms with Gasteiger partial charge in [0.05, 0.1) is 6.61 Å². The van der Waals surface area contributed by atoms with E-state index in [2.05, 4.69) is 17.6 Å². The van der Waals surface area contributed by atoms with Crippen molar-refractivity contribution in [3.63, 3.8) is 0 Å². The molecule has 6 nitrogen and oxygen atoms in total. The Morgan fingerprint density at radius 2 is 1.62 bits per heavy atom. The quantitative estimate of drug-likeness (QED) is 0.449. The molecule has 0 aliphatic carbocycles. The van der Waals surface area contributed by atoms with Gasteiger partial charge in [0.15, 0.2) is 0 Å². The van der Waals surface area contributed by atoms with Crippen LogP contribution < -0.4 is 10.6 Å². The van der Waals surface area contributed by atoms with Crippen LogP contribution in [0.4, 0.5) is 4.79 Å². The average molecular weight is 373 g/mol. The predicted molar refractivity (Wildman–Crippen MR) is 105 cm³/mol. The van der Waals surface area contributed by atoms with Crippen LogP contribution >= 0.6 is 0 Å². The highest BCUT2D eigenvalue weighted by Crippen LogP contribution is 2.23. The third-order valence-electron chi connectivity index (χ3n) is 5.07. The Kier molecular flexibility index (Phi) is 12.3. The van der Waals surface area contributed by atoms with E-state index >= 15 is 0 Å². The summed E-state index contributed by atoms with van der Waals surface area (Å²) in [5.41, 5.74) is -1.46. The van der Waals surface area contributed by atoms with E-state index in [1.54, 1.807) is 14.0 Å². The smallest absolute Gasteiger partial charge is 0.407 e.